The Hall–Kier alpha value is -3.69. The number of rotatable bonds is 9. The molecule has 31 heavy (non-hydrogen) atoms. The first-order valence-electron chi connectivity index (χ1n) is 10.3. The van der Waals surface area contributed by atoms with Gasteiger partial charge in [-0.15, -0.1) is 0 Å². The van der Waals surface area contributed by atoms with Crippen LogP contribution in [0.25, 0.3) is 23.0 Å². The zero-order valence-electron chi connectivity index (χ0n) is 17.8. The lowest BCUT2D eigenvalue weighted by atomic mass is 10.1. The van der Waals surface area contributed by atoms with Crippen molar-refractivity contribution in [2.75, 3.05) is 19.8 Å². The predicted octanol–water partition coefficient (Wildman–Crippen LogP) is 4.30. The van der Waals surface area contributed by atoms with Crippen LogP contribution in [-0.4, -0.2) is 35.4 Å². The fraction of sp³-hybridized carbons (Fsp3) is 0.240. The molecule has 0 aliphatic carbocycles. The SMILES string of the molecule is CCOCCCNC(=O)/C(C#N)=C/c1cn(-c2ccccc2C)nc1-c1ccccc1. The van der Waals surface area contributed by atoms with E-state index < -0.39 is 5.91 Å². The van der Waals surface area contributed by atoms with Gasteiger partial charge in [0.1, 0.15) is 11.6 Å². The van der Waals surface area contributed by atoms with E-state index >= 15 is 0 Å². The summed E-state index contributed by atoms with van der Waals surface area (Å²) in [5.74, 6) is -0.401. The van der Waals surface area contributed by atoms with Gasteiger partial charge in [0.15, 0.2) is 0 Å². The molecule has 0 spiro atoms. The number of carbonyl (C=O) groups is 1. The third kappa shape index (κ3) is 5.68. The maximum Gasteiger partial charge on any atom is 0.261 e. The fourth-order valence-corrected chi connectivity index (χ4v) is 3.18. The van der Waals surface area contributed by atoms with Crippen molar-refractivity contribution in [1.29, 1.82) is 5.26 Å². The Morgan fingerprint density at radius 1 is 1.19 bits per heavy atom. The van der Waals surface area contributed by atoms with E-state index in [0.29, 0.717) is 37.4 Å². The average molecular weight is 415 g/mol. The van der Waals surface area contributed by atoms with Crippen LogP contribution in [0.3, 0.4) is 0 Å². The summed E-state index contributed by atoms with van der Waals surface area (Å²) in [5.41, 5.74) is 4.38. The lowest BCUT2D eigenvalue weighted by Crippen LogP contribution is -2.26. The molecule has 1 amide bonds. The molecule has 0 aliphatic rings. The molecule has 0 atom stereocenters. The summed E-state index contributed by atoms with van der Waals surface area (Å²) >= 11 is 0. The van der Waals surface area contributed by atoms with Gasteiger partial charge in [0.05, 0.1) is 11.4 Å². The molecule has 1 heterocycles. The van der Waals surface area contributed by atoms with Gasteiger partial charge >= 0.3 is 0 Å². The molecule has 0 radical (unpaired) electrons. The molecular formula is C25H26N4O2. The largest absolute Gasteiger partial charge is 0.382 e. The summed E-state index contributed by atoms with van der Waals surface area (Å²) in [4.78, 5) is 12.5. The van der Waals surface area contributed by atoms with Gasteiger partial charge in [0.25, 0.3) is 5.91 Å². The highest BCUT2D eigenvalue weighted by Crippen LogP contribution is 2.26. The number of carbonyl (C=O) groups excluding carboxylic acids is 1. The maximum atomic E-state index is 12.5. The number of para-hydroxylation sites is 1. The minimum Gasteiger partial charge on any atom is -0.382 e. The zero-order chi connectivity index (χ0) is 22.1. The van der Waals surface area contributed by atoms with E-state index in [4.69, 9.17) is 9.84 Å². The third-order valence-electron chi connectivity index (χ3n) is 4.77. The van der Waals surface area contributed by atoms with E-state index in [1.54, 1.807) is 10.8 Å². The van der Waals surface area contributed by atoms with E-state index in [1.807, 2.05) is 80.7 Å². The summed E-state index contributed by atoms with van der Waals surface area (Å²) in [6, 6.07) is 19.7. The van der Waals surface area contributed by atoms with E-state index in [-0.39, 0.29) is 5.57 Å². The molecule has 0 fully saturated rings. The fourth-order valence-electron chi connectivity index (χ4n) is 3.18. The van der Waals surface area contributed by atoms with Crippen molar-refractivity contribution in [3.05, 3.63) is 77.5 Å². The quantitative estimate of drug-likeness (QED) is 0.322. The van der Waals surface area contributed by atoms with Gasteiger partial charge in [0.2, 0.25) is 0 Å². The lowest BCUT2D eigenvalue weighted by Gasteiger charge is -2.04. The number of aryl methyl sites for hydroxylation is 1. The first kappa shape index (κ1) is 22.0. The molecule has 0 bridgehead atoms. The van der Waals surface area contributed by atoms with Crippen LogP contribution < -0.4 is 5.32 Å². The Morgan fingerprint density at radius 3 is 2.65 bits per heavy atom. The summed E-state index contributed by atoms with van der Waals surface area (Å²) < 4.78 is 7.07. The molecule has 0 aliphatic heterocycles. The Morgan fingerprint density at radius 2 is 1.94 bits per heavy atom. The van der Waals surface area contributed by atoms with Gasteiger partial charge in [-0.25, -0.2) is 4.68 Å². The molecular weight excluding hydrogens is 388 g/mol. The molecule has 0 saturated carbocycles. The predicted molar refractivity (Wildman–Crippen MR) is 121 cm³/mol. The van der Waals surface area contributed by atoms with Crippen molar-refractivity contribution in [2.24, 2.45) is 0 Å². The molecule has 6 heteroatoms. The standard InChI is InChI=1S/C25H26N4O2/c1-3-31-15-9-14-27-25(30)21(17-26)16-22-18-29(23-13-8-7-10-19(23)2)28-24(22)20-11-5-4-6-12-20/h4-8,10-13,16,18H,3,9,14-15H2,1-2H3,(H,27,30)/b21-16+. The highest BCUT2D eigenvalue weighted by Gasteiger charge is 2.15. The van der Waals surface area contributed by atoms with E-state index in [0.717, 1.165) is 16.8 Å². The number of aromatic nitrogens is 2. The van der Waals surface area contributed by atoms with E-state index in [9.17, 15) is 10.1 Å². The van der Waals surface area contributed by atoms with Gasteiger partial charge in [-0.2, -0.15) is 10.4 Å². The summed E-state index contributed by atoms with van der Waals surface area (Å²) in [6.07, 6.45) is 4.14. The second-order valence-corrected chi connectivity index (χ2v) is 7.01. The molecule has 158 valence electrons. The van der Waals surface area contributed by atoms with Crippen LogP contribution in [0.15, 0.2) is 66.4 Å². The second kappa shape index (κ2) is 10.9. The lowest BCUT2D eigenvalue weighted by molar-refractivity contribution is -0.117. The van der Waals surface area contributed by atoms with Crippen LogP contribution in [-0.2, 0) is 9.53 Å². The number of nitrogens with one attached hydrogen (secondary N) is 1. The molecule has 3 rings (SSSR count). The molecule has 1 N–H and O–H groups in total. The Kier molecular flexibility index (Phi) is 7.74. The molecule has 6 nitrogen and oxygen atoms in total. The Balaban J connectivity index is 1.93. The normalized spacial score (nSPS) is 11.2. The molecule has 0 saturated heterocycles. The van der Waals surface area contributed by atoms with Crippen molar-refractivity contribution in [3.63, 3.8) is 0 Å². The maximum absolute atomic E-state index is 12.5. The highest BCUT2D eigenvalue weighted by molar-refractivity contribution is 6.02. The molecule has 2 aromatic carbocycles. The Labute approximate surface area is 182 Å². The van der Waals surface area contributed by atoms with Crippen LogP contribution in [0.2, 0.25) is 0 Å². The van der Waals surface area contributed by atoms with Crippen LogP contribution in [0.5, 0.6) is 0 Å². The van der Waals surface area contributed by atoms with Gasteiger partial charge in [-0.05, 0) is 38.0 Å². The van der Waals surface area contributed by atoms with Gasteiger partial charge in [-0.3, -0.25) is 4.79 Å². The van der Waals surface area contributed by atoms with Crippen molar-refractivity contribution in [2.45, 2.75) is 20.3 Å². The number of hydrogen-bond donors (Lipinski definition) is 1. The minimum absolute atomic E-state index is 0.0397. The first-order valence-corrected chi connectivity index (χ1v) is 10.3. The third-order valence-corrected chi connectivity index (χ3v) is 4.77. The highest BCUT2D eigenvalue weighted by atomic mass is 16.5. The number of benzene rings is 2. The van der Waals surface area contributed by atoms with Gasteiger partial charge < -0.3 is 10.1 Å². The topological polar surface area (TPSA) is 79.9 Å². The van der Waals surface area contributed by atoms with E-state index in [1.165, 1.54) is 0 Å². The van der Waals surface area contributed by atoms with Crippen LogP contribution in [0.1, 0.15) is 24.5 Å². The van der Waals surface area contributed by atoms with Crippen molar-refractivity contribution < 1.29 is 9.53 Å². The second-order valence-electron chi connectivity index (χ2n) is 7.01. The van der Waals surface area contributed by atoms with Gasteiger partial charge in [0, 0.05) is 37.1 Å². The smallest absolute Gasteiger partial charge is 0.261 e. The average Bonchev–Trinajstić information content (AvgIpc) is 3.21. The molecule has 1 aromatic heterocycles. The molecule has 0 unspecified atom stereocenters. The molecule has 3 aromatic rings. The van der Waals surface area contributed by atoms with Gasteiger partial charge in [-0.1, -0.05) is 48.5 Å². The Bertz CT molecular complexity index is 1090. The van der Waals surface area contributed by atoms with Crippen LogP contribution >= 0.6 is 0 Å². The minimum atomic E-state index is -0.401. The van der Waals surface area contributed by atoms with Crippen LogP contribution in [0.4, 0.5) is 0 Å². The number of ether oxygens (including phenoxy) is 1. The number of nitriles is 1. The summed E-state index contributed by atoms with van der Waals surface area (Å²) in [5, 5.41) is 17.1. The summed E-state index contributed by atoms with van der Waals surface area (Å²) in [6.45, 7) is 5.61. The monoisotopic (exact) mass is 414 g/mol. The van der Waals surface area contributed by atoms with Crippen molar-refractivity contribution in [3.8, 4) is 23.0 Å². The zero-order valence-corrected chi connectivity index (χ0v) is 17.8. The van der Waals surface area contributed by atoms with Crippen LogP contribution in [0, 0.1) is 18.3 Å². The van der Waals surface area contributed by atoms with Crippen molar-refractivity contribution >= 4 is 12.0 Å². The summed E-state index contributed by atoms with van der Waals surface area (Å²) in [7, 11) is 0. The van der Waals surface area contributed by atoms with Crippen molar-refractivity contribution in [1.82, 2.24) is 15.1 Å². The van der Waals surface area contributed by atoms with E-state index in [2.05, 4.69) is 5.32 Å². The number of nitrogens with zero attached hydrogens (tertiary/aromatic N) is 3. The number of amides is 1. The number of hydrogen-bond acceptors (Lipinski definition) is 4. The first-order chi connectivity index (χ1) is 15.1.